The highest BCUT2D eigenvalue weighted by Gasteiger charge is 2.28. The van der Waals surface area contributed by atoms with Crippen LogP contribution >= 0.6 is 11.3 Å². The molecule has 5 nitrogen and oxygen atoms in total. The lowest BCUT2D eigenvalue weighted by Gasteiger charge is -2.17. The van der Waals surface area contributed by atoms with Gasteiger partial charge in [0.15, 0.2) is 0 Å². The van der Waals surface area contributed by atoms with Gasteiger partial charge in [0.2, 0.25) is 0 Å². The van der Waals surface area contributed by atoms with Gasteiger partial charge < -0.3 is 9.30 Å². The Morgan fingerprint density at radius 2 is 2.14 bits per heavy atom. The summed E-state index contributed by atoms with van der Waals surface area (Å²) in [4.78, 5) is 10.3. The Morgan fingerprint density at radius 1 is 1.36 bits per heavy atom. The maximum Gasteiger partial charge on any atom is 0.406 e. The van der Waals surface area contributed by atoms with Crippen molar-refractivity contribution < 1.29 is 17.9 Å². The van der Waals surface area contributed by atoms with E-state index in [2.05, 4.69) is 9.97 Å². The first-order valence-corrected chi connectivity index (χ1v) is 7.43. The summed E-state index contributed by atoms with van der Waals surface area (Å²) in [6.07, 6.45) is -1.53. The van der Waals surface area contributed by atoms with E-state index in [9.17, 15) is 13.2 Å². The molecule has 0 aromatic carbocycles. The summed E-state index contributed by atoms with van der Waals surface area (Å²) in [7, 11) is 3.43. The molecule has 2 heterocycles. The summed E-state index contributed by atoms with van der Waals surface area (Å²) in [6.45, 7) is 0.300. The molecule has 2 rings (SSSR count). The van der Waals surface area contributed by atoms with Gasteiger partial charge in [0, 0.05) is 31.4 Å². The van der Waals surface area contributed by atoms with Crippen LogP contribution in [0.3, 0.4) is 0 Å². The van der Waals surface area contributed by atoms with E-state index >= 15 is 0 Å². The summed E-state index contributed by atoms with van der Waals surface area (Å²) in [5, 5.41) is 2.80. The molecule has 0 saturated carbocycles. The largest absolute Gasteiger partial charge is 0.406 e. The average Bonchev–Trinajstić information content (AvgIpc) is 2.99. The molecule has 0 spiro atoms. The fourth-order valence-electron chi connectivity index (χ4n) is 2.01. The molecule has 0 amide bonds. The number of halogens is 3. The Kier molecular flexibility index (Phi) is 5.54. The Morgan fingerprint density at radius 3 is 2.82 bits per heavy atom. The van der Waals surface area contributed by atoms with Gasteiger partial charge in [0.05, 0.1) is 18.8 Å². The molecule has 0 aliphatic heterocycles. The van der Waals surface area contributed by atoms with Crippen molar-refractivity contribution in [2.75, 3.05) is 14.2 Å². The normalized spacial score (nSPS) is 12.3. The highest BCUT2D eigenvalue weighted by atomic mass is 32.1. The van der Waals surface area contributed by atoms with Crippen molar-refractivity contribution in [3.05, 3.63) is 34.3 Å². The molecule has 0 bridgehead atoms. The number of thiazole rings is 1. The van der Waals surface area contributed by atoms with Crippen LogP contribution in [0.25, 0.3) is 0 Å². The second kappa shape index (κ2) is 7.21. The molecule has 0 aliphatic carbocycles. The number of alkyl halides is 3. The Bertz CT molecular complexity index is 596. The van der Waals surface area contributed by atoms with Crippen LogP contribution in [0.1, 0.15) is 16.5 Å². The van der Waals surface area contributed by atoms with Gasteiger partial charge in [-0.3, -0.25) is 4.90 Å². The highest BCUT2D eigenvalue weighted by Crippen LogP contribution is 2.19. The van der Waals surface area contributed by atoms with E-state index in [0.29, 0.717) is 25.5 Å². The Hall–Kier alpha value is -1.45. The van der Waals surface area contributed by atoms with E-state index in [1.54, 1.807) is 7.11 Å². The predicted molar refractivity (Wildman–Crippen MR) is 76.3 cm³/mol. The standard InChI is InChI=1S/C13H17F3N4OS/c1-19(5-10-8-22-12(18-10)7-21-2)6-11-17-3-4-20(11)9-13(14,15)16/h3-4,8H,5-7,9H2,1-2H3. The number of ether oxygens (including phenoxy) is 1. The van der Waals surface area contributed by atoms with Gasteiger partial charge in [0.25, 0.3) is 0 Å². The summed E-state index contributed by atoms with van der Waals surface area (Å²) in [5.41, 5.74) is 0.869. The second-order valence-corrected chi connectivity index (χ2v) is 5.87. The van der Waals surface area contributed by atoms with Crippen molar-refractivity contribution in [1.29, 1.82) is 0 Å². The lowest BCUT2D eigenvalue weighted by Crippen LogP contribution is -2.24. The van der Waals surface area contributed by atoms with E-state index < -0.39 is 12.7 Å². The lowest BCUT2D eigenvalue weighted by atomic mass is 10.4. The summed E-state index contributed by atoms with van der Waals surface area (Å²) < 4.78 is 43.6. The third-order valence-corrected chi connectivity index (χ3v) is 3.73. The van der Waals surface area contributed by atoms with Gasteiger partial charge in [-0.25, -0.2) is 9.97 Å². The second-order valence-electron chi connectivity index (χ2n) is 4.92. The zero-order valence-corrected chi connectivity index (χ0v) is 13.1. The number of imidazole rings is 1. The van der Waals surface area contributed by atoms with Gasteiger partial charge in [0.1, 0.15) is 17.4 Å². The van der Waals surface area contributed by atoms with Crippen LogP contribution in [-0.4, -0.2) is 39.8 Å². The summed E-state index contributed by atoms with van der Waals surface area (Å²) in [5.74, 6) is 0.382. The van der Waals surface area contributed by atoms with Crippen molar-refractivity contribution in [3.8, 4) is 0 Å². The molecule has 0 radical (unpaired) electrons. The van der Waals surface area contributed by atoms with Crippen LogP contribution in [0.2, 0.25) is 0 Å². The molecule has 0 atom stereocenters. The molecule has 0 unspecified atom stereocenters. The monoisotopic (exact) mass is 334 g/mol. The van der Waals surface area contributed by atoms with Crippen LogP contribution < -0.4 is 0 Å². The summed E-state index contributed by atoms with van der Waals surface area (Å²) >= 11 is 1.50. The molecule has 9 heteroatoms. The molecule has 0 N–H and O–H groups in total. The lowest BCUT2D eigenvalue weighted by molar-refractivity contribution is -0.141. The van der Waals surface area contributed by atoms with Gasteiger partial charge in [-0.1, -0.05) is 0 Å². The summed E-state index contributed by atoms with van der Waals surface area (Å²) in [6, 6.07) is 0. The third-order valence-electron chi connectivity index (χ3n) is 2.86. The van der Waals surface area contributed by atoms with E-state index in [-0.39, 0.29) is 0 Å². The van der Waals surface area contributed by atoms with Gasteiger partial charge >= 0.3 is 6.18 Å². The van der Waals surface area contributed by atoms with Gasteiger partial charge in [-0.05, 0) is 7.05 Å². The zero-order chi connectivity index (χ0) is 16.2. The first kappa shape index (κ1) is 16.9. The van der Waals surface area contributed by atoms with Crippen molar-refractivity contribution in [3.63, 3.8) is 0 Å². The van der Waals surface area contributed by atoms with E-state index in [1.165, 1.54) is 23.7 Å². The van der Waals surface area contributed by atoms with Crippen molar-refractivity contribution in [1.82, 2.24) is 19.4 Å². The zero-order valence-electron chi connectivity index (χ0n) is 12.3. The molecule has 2 aromatic heterocycles. The minimum absolute atomic E-state index is 0.320. The van der Waals surface area contributed by atoms with E-state index in [4.69, 9.17) is 4.74 Å². The maximum atomic E-state index is 12.5. The Labute approximate surface area is 130 Å². The SMILES string of the molecule is COCc1nc(CN(C)Cc2nccn2CC(F)(F)F)cs1. The van der Waals surface area contributed by atoms with Crippen LogP contribution in [-0.2, 0) is 31.0 Å². The molecule has 122 valence electrons. The predicted octanol–water partition coefficient (Wildman–Crippen LogP) is 2.68. The molecule has 0 fully saturated rings. The number of hydrogen-bond donors (Lipinski definition) is 0. The van der Waals surface area contributed by atoms with Gasteiger partial charge in [-0.2, -0.15) is 13.2 Å². The highest BCUT2D eigenvalue weighted by molar-refractivity contribution is 7.09. The molecular formula is C13H17F3N4OS. The van der Waals surface area contributed by atoms with Crippen LogP contribution in [0.15, 0.2) is 17.8 Å². The number of rotatable bonds is 7. The van der Waals surface area contributed by atoms with E-state index in [0.717, 1.165) is 15.3 Å². The first-order valence-electron chi connectivity index (χ1n) is 6.55. The third kappa shape index (κ3) is 5.08. The quantitative estimate of drug-likeness (QED) is 0.781. The van der Waals surface area contributed by atoms with Crippen LogP contribution in [0, 0.1) is 0 Å². The van der Waals surface area contributed by atoms with Gasteiger partial charge in [-0.15, -0.1) is 11.3 Å². The number of methoxy groups -OCH3 is 1. The fourth-order valence-corrected chi connectivity index (χ4v) is 2.77. The smallest absolute Gasteiger partial charge is 0.378 e. The number of aromatic nitrogens is 3. The van der Waals surface area contributed by atoms with Crippen LogP contribution in [0.5, 0.6) is 0 Å². The maximum absolute atomic E-state index is 12.5. The van der Waals surface area contributed by atoms with Crippen molar-refractivity contribution in [2.45, 2.75) is 32.4 Å². The Balaban J connectivity index is 1.94. The molecule has 22 heavy (non-hydrogen) atoms. The van der Waals surface area contributed by atoms with Crippen molar-refractivity contribution in [2.24, 2.45) is 0 Å². The number of hydrogen-bond acceptors (Lipinski definition) is 5. The topological polar surface area (TPSA) is 43.2 Å². The average molecular weight is 334 g/mol. The first-order chi connectivity index (χ1) is 10.4. The molecule has 2 aromatic rings. The molecule has 0 aliphatic rings. The molecule has 0 saturated heterocycles. The minimum Gasteiger partial charge on any atom is -0.378 e. The number of nitrogens with zero attached hydrogens (tertiary/aromatic N) is 4. The fraction of sp³-hybridized carbons (Fsp3) is 0.538. The van der Waals surface area contributed by atoms with E-state index in [1.807, 2.05) is 17.3 Å². The minimum atomic E-state index is -4.25. The van der Waals surface area contributed by atoms with Crippen LogP contribution in [0.4, 0.5) is 13.2 Å². The molecular weight excluding hydrogens is 317 g/mol. The van der Waals surface area contributed by atoms with Crippen molar-refractivity contribution >= 4 is 11.3 Å².